The maximum atomic E-state index is 5.22. The van der Waals surface area contributed by atoms with E-state index in [1.807, 2.05) is 36.4 Å². The quantitative estimate of drug-likeness (QED) is 0.172. The Balaban J connectivity index is 1.18. The minimum Gasteiger partial charge on any atom is -0.309 e. The number of nitrogens with zero attached hydrogens (tertiary/aromatic N) is 5. The molecule has 2 unspecified atom stereocenters. The molecule has 264 valence electrons. The average molecular weight is 718 g/mol. The first kappa shape index (κ1) is 32.1. The molecule has 0 fully saturated rings. The molecule has 3 heterocycles. The fourth-order valence-corrected chi connectivity index (χ4v) is 8.63. The van der Waals surface area contributed by atoms with Gasteiger partial charge in [-0.3, -0.25) is 4.57 Å². The minimum absolute atomic E-state index is 0.0280. The summed E-state index contributed by atoms with van der Waals surface area (Å²) in [6.45, 7) is 0. The number of para-hydroxylation sites is 3. The number of rotatable bonds is 6. The van der Waals surface area contributed by atoms with Crippen LogP contribution in [0.15, 0.2) is 188 Å². The number of hydrogen-bond donors (Lipinski definition) is 0. The maximum Gasteiger partial charge on any atom is 0.238 e. The van der Waals surface area contributed by atoms with Crippen LogP contribution in [0.3, 0.4) is 0 Å². The number of aromatic nitrogens is 5. The summed E-state index contributed by atoms with van der Waals surface area (Å²) in [6.07, 6.45) is 4.93. The Morgan fingerprint density at radius 2 is 0.893 bits per heavy atom. The summed E-state index contributed by atoms with van der Waals surface area (Å²) in [7, 11) is 0. The van der Waals surface area contributed by atoms with Crippen molar-refractivity contribution in [3.63, 3.8) is 0 Å². The summed E-state index contributed by atoms with van der Waals surface area (Å²) in [4.78, 5) is 15.4. The molecule has 10 aromatic rings. The highest BCUT2D eigenvalue weighted by Gasteiger charge is 2.28. The van der Waals surface area contributed by atoms with Gasteiger partial charge in [0.05, 0.1) is 21.9 Å². The zero-order chi connectivity index (χ0) is 37.0. The van der Waals surface area contributed by atoms with Gasteiger partial charge < -0.3 is 4.57 Å². The first-order valence-electron chi connectivity index (χ1n) is 19.1. The van der Waals surface area contributed by atoms with E-state index in [-0.39, 0.29) is 11.8 Å². The van der Waals surface area contributed by atoms with Gasteiger partial charge in [0, 0.05) is 50.0 Å². The second kappa shape index (κ2) is 13.2. The molecule has 56 heavy (non-hydrogen) atoms. The fraction of sp³-hybridized carbons (Fsp3) is 0.0392. The van der Waals surface area contributed by atoms with E-state index in [1.54, 1.807) is 0 Å². The lowest BCUT2D eigenvalue weighted by Gasteiger charge is -2.26. The van der Waals surface area contributed by atoms with Crippen molar-refractivity contribution in [2.75, 3.05) is 0 Å². The SMILES string of the molecule is C1=c2c(n(-c3nc(-c4ccccc4)nc(-c4ccccc4)n3)c3ccccc23)=CC(c2ccc3c(c2)c2ccccc2n3-c2ccccc2)C1c1ccccc1. The van der Waals surface area contributed by atoms with E-state index in [9.17, 15) is 0 Å². The monoisotopic (exact) mass is 717 g/mol. The lowest BCUT2D eigenvalue weighted by molar-refractivity contribution is 0.781. The Kier molecular flexibility index (Phi) is 7.56. The second-order valence-corrected chi connectivity index (χ2v) is 14.4. The molecule has 2 atom stereocenters. The zero-order valence-corrected chi connectivity index (χ0v) is 30.4. The highest BCUT2D eigenvalue weighted by atomic mass is 15.2. The smallest absolute Gasteiger partial charge is 0.238 e. The van der Waals surface area contributed by atoms with Crippen LogP contribution >= 0.6 is 0 Å². The molecule has 0 saturated heterocycles. The van der Waals surface area contributed by atoms with Crippen LogP contribution < -0.4 is 10.6 Å². The molecule has 0 aliphatic heterocycles. The van der Waals surface area contributed by atoms with Crippen molar-refractivity contribution in [1.29, 1.82) is 0 Å². The van der Waals surface area contributed by atoms with Crippen molar-refractivity contribution < 1.29 is 0 Å². The van der Waals surface area contributed by atoms with Crippen molar-refractivity contribution in [3.05, 3.63) is 210 Å². The highest BCUT2D eigenvalue weighted by molar-refractivity contribution is 6.09. The Labute approximate surface area is 323 Å². The molecule has 1 aliphatic carbocycles. The molecule has 0 spiro atoms. The van der Waals surface area contributed by atoms with Crippen molar-refractivity contribution >= 4 is 44.9 Å². The summed E-state index contributed by atoms with van der Waals surface area (Å²) in [5.41, 5.74) is 9.03. The molecule has 5 nitrogen and oxygen atoms in total. The van der Waals surface area contributed by atoms with Gasteiger partial charge >= 0.3 is 0 Å². The second-order valence-electron chi connectivity index (χ2n) is 14.4. The van der Waals surface area contributed by atoms with E-state index in [2.05, 4.69) is 173 Å². The Hall–Kier alpha value is -7.37. The van der Waals surface area contributed by atoms with Crippen molar-refractivity contribution in [1.82, 2.24) is 24.1 Å². The molecule has 1 aliphatic rings. The van der Waals surface area contributed by atoms with Gasteiger partial charge in [-0.15, -0.1) is 0 Å². The predicted octanol–water partition coefficient (Wildman–Crippen LogP) is 10.4. The summed E-state index contributed by atoms with van der Waals surface area (Å²) >= 11 is 0. The van der Waals surface area contributed by atoms with Gasteiger partial charge in [-0.25, -0.2) is 4.98 Å². The van der Waals surface area contributed by atoms with Crippen LogP contribution in [0, 0.1) is 0 Å². The number of hydrogen-bond acceptors (Lipinski definition) is 3. The van der Waals surface area contributed by atoms with E-state index in [1.165, 1.54) is 43.5 Å². The molecular formula is C51H35N5. The molecule has 0 amide bonds. The number of benzene rings is 7. The van der Waals surface area contributed by atoms with Gasteiger partial charge in [0.1, 0.15) is 0 Å². The van der Waals surface area contributed by atoms with E-state index >= 15 is 0 Å². The third kappa shape index (κ3) is 5.28. The third-order valence-corrected chi connectivity index (χ3v) is 11.2. The molecule has 0 radical (unpaired) electrons. The summed E-state index contributed by atoms with van der Waals surface area (Å²) in [5, 5.41) is 5.93. The average Bonchev–Trinajstić information content (AvgIpc) is 3.79. The zero-order valence-electron chi connectivity index (χ0n) is 30.4. The van der Waals surface area contributed by atoms with Gasteiger partial charge in [-0.2, -0.15) is 9.97 Å². The minimum atomic E-state index is 0.0280. The molecule has 0 N–H and O–H groups in total. The molecular weight excluding hydrogens is 683 g/mol. The van der Waals surface area contributed by atoms with Crippen LogP contribution in [0.1, 0.15) is 23.0 Å². The van der Waals surface area contributed by atoms with E-state index in [4.69, 9.17) is 15.0 Å². The topological polar surface area (TPSA) is 48.5 Å². The standard InChI is InChI=1S/C51H35N5/c1-5-17-34(18-6-1)41-32-44-40-26-14-16-28-46(40)56(51-53-49(35-19-7-2-8-20-35)52-50(54-51)36-21-9-3-10-22-36)48(44)33-42(41)37-29-30-47-43(31-37)39-25-13-15-27-45(39)55(47)38-23-11-4-12-24-38/h1-33,41-42H. The van der Waals surface area contributed by atoms with Gasteiger partial charge in [0.25, 0.3) is 0 Å². The van der Waals surface area contributed by atoms with Crippen LogP contribution in [-0.4, -0.2) is 24.1 Å². The molecule has 11 rings (SSSR count). The normalized spacial score (nSPS) is 15.1. The number of fused-ring (bicyclic) bond motifs is 6. The van der Waals surface area contributed by atoms with Gasteiger partial charge in [-0.1, -0.05) is 164 Å². The molecule has 7 aromatic carbocycles. The van der Waals surface area contributed by atoms with E-state index in [0.29, 0.717) is 17.6 Å². The van der Waals surface area contributed by atoms with Crippen LogP contribution in [0.25, 0.3) is 79.3 Å². The fourth-order valence-electron chi connectivity index (χ4n) is 8.63. The first-order valence-corrected chi connectivity index (χ1v) is 19.1. The van der Waals surface area contributed by atoms with Gasteiger partial charge in [-0.05, 0) is 47.5 Å². The van der Waals surface area contributed by atoms with Gasteiger partial charge in [0.15, 0.2) is 11.6 Å². The lowest BCUT2D eigenvalue weighted by atomic mass is 9.78. The Morgan fingerprint density at radius 3 is 1.55 bits per heavy atom. The van der Waals surface area contributed by atoms with E-state index in [0.717, 1.165) is 27.7 Å². The summed E-state index contributed by atoms with van der Waals surface area (Å²) in [5.74, 6) is 2.00. The Bertz CT molecular complexity index is 3130. The maximum absolute atomic E-state index is 5.22. The predicted molar refractivity (Wildman–Crippen MR) is 228 cm³/mol. The summed E-state index contributed by atoms with van der Waals surface area (Å²) < 4.78 is 4.63. The van der Waals surface area contributed by atoms with Crippen LogP contribution in [-0.2, 0) is 0 Å². The lowest BCUT2D eigenvalue weighted by Crippen LogP contribution is -2.35. The van der Waals surface area contributed by atoms with E-state index < -0.39 is 0 Å². The first-order chi connectivity index (χ1) is 27.8. The van der Waals surface area contributed by atoms with Crippen molar-refractivity contribution in [2.45, 2.75) is 11.8 Å². The highest BCUT2D eigenvalue weighted by Crippen LogP contribution is 2.41. The third-order valence-electron chi connectivity index (χ3n) is 11.2. The van der Waals surface area contributed by atoms with Gasteiger partial charge in [0.2, 0.25) is 5.95 Å². The molecule has 5 heteroatoms. The summed E-state index contributed by atoms with van der Waals surface area (Å²) in [6, 6.07) is 66.4. The molecule has 3 aromatic heterocycles. The van der Waals surface area contributed by atoms with Crippen LogP contribution in [0.5, 0.6) is 0 Å². The van der Waals surface area contributed by atoms with Crippen LogP contribution in [0.2, 0.25) is 0 Å². The van der Waals surface area contributed by atoms with Crippen LogP contribution in [0.4, 0.5) is 0 Å². The largest absolute Gasteiger partial charge is 0.309 e. The Morgan fingerprint density at radius 1 is 0.375 bits per heavy atom. The molecule has 0 bridgehead atoms. The van der Waals surface area contributed by atoms with Crippen molar-refractivity contribution in [2.24, 2.45) is 0 Å². The van der Waals surface area contributed by atoms with Crippen molar-refractivity contribution in [3.8, 4) is 34.4 Å². The molecule has 0 saturated carbocycles.